The molecule has 5 heteroatoms. The van der Waals surface area contributed by atoms with E-state index in [2.05, 4.69) is 34.1 Å². The molecule has 1 unspecified atom stereocenters. The molecule has 33 heavy (non-hydrogen) atoms. The van der Waals surface area contributed by atoms with Gasteiger partial charge in [-0.25, -0.2) is 0 Å². The molecule has 0 saturated heterocycles. The topological polar surface area (TPSA) is 27.7 Å². The van der Waals surface area contributed by atoms with Gasteiger partial charge in [-0.15, -0.1) is 0 Å². The lowest BCUT2D eigenvalue weighted by Gasteiger charge is -2.30. The Morgan fingerprint density at radius 2 is 1.27 bits per heavy atom. The van der Waals surface area contributed by atoms with Crippen LogP contribution in [0.1, 0.15) is 32.6 Å². The second kappa shape index (κ2) is 15.1. The van der Waals surface area contributed by atoms with Gasteiger partial charge in [-0.1, -0.05) is 62.6 Å². The molecule has 0 bridgehead atoms. The summed E-state index contributed by atoms with van der Waals surface area (Å²) in [6, 6.07) is 31.9. The first-order valence-corrected chi connectivity index (χ1v) is 11.8. The third-order valence-electron chi connectivity index (χ3n) is 4.74. The van der Waals surface area contributed by atoms with Gasteiger partial charge in [-0.2, -0.15) is 36.4 Å². The molecule has 0 amide bonds. The van der Waals surface area contributed by atoms with E-state index in [4.69, 9.17) is 14.0 Å². The molecule has 3 rings (SSSR count). The summed E-state index contributed by atoms with van der Waals surface area (Å²) in [5, 5.41) is 0. The minimum atomic E-state index is -0.784. The lowest BCUT2D eigenvalue weighted by molar-refractivity contribution is -0.873. The van der Waals surface area contributed by atoms with Gasteiger partial charge in [0, 0.05) is 0 Å². The summed E-state index contributed by atoms with van der Waals surface area (Å²) in [5.74, 6) is 1.46. The third kappa shape index (κ3) is 12.8. The molecule has 176 valence electrons. The first kappa shape index (κ1) is 26.5. The van der Waals surface area contributed by atoms with Gasteiger partial charge < -0.3 is 18.4 Å². The Hall–Kier alpha value is -2.76. The highest BCUT2D eigenvalue weighted by Crippen LogP contribution is 2.18. The number of nitrogens with zero attached hydrogens (tertiary/aromatic N) is 1. The van der Waals surface area contributed by atoms with Crippen molar-refractivity contribution in [3.63, 3.8) is 0 Å². The molecule has 3 aromatic carbocycles. The van der Waals surface area contributed by atoms with Crippen molar-refractivity contribution in [2.45, 2.75) is 38.7 Å². The first-order chi connectivity index (χ1) is 16.0. The number of quaternary nitrogens is 1. The van der Waals surface area contributed by atoms with Crippen LogP contribution in [0.2, 0.25) is 0 Å². The van der Waals surface area contributed by atoms with E-state index in [1.54, 1.807) is 0 Å². The van der Waals surface area contributed by atoms with Gasteiger partial charge in [0.1, 0.15) is 18.0 Å². The lowest BCUT2D eigenvalue weighted by atomic mass is 10.1. The zero-order valence-electron chi connectivity index (χ0n) is 20.5. The highest BCUT2D eigenvalue weighted by Gasteiger charge is 2.33. The van der Waals surface area contributed by atoms with Crippen LogP contribution in [0.15, 0.2) is 91.0 Å². The van der Waals surface area contributed by atoms with E-state index in [-0.39, 0.29) is 6.10 Å². The van der Waals surface area contributed by atoms with Crippen molar-refractivity contribution in [3.8, 4) is 11.5 Å². The van der Waals surface area contributed by atoms with E-state index in [0.29, 0.717) is 0 Å². The van der Waals surface area contributed by atoms with Crippen molar-refractivity contribution in [2.24, 2.45) is 0 Å². The summed E-state index contributed by atoms with van der Waals surface area (Å²) in [6.45, 7) is 3.12. The molecule has 3 aromatic rings. The molecular weight excluding hydrogens is 409 g/mol. The second-order valence-electron chi connectivity index (χ2n) is 8.95. The number of hydrogen-bond donors (Lipinski definition) is 0. The molecule has 0 aliphatic rings. The van der Waals surface area contributed by atoms with Crippen LogP contribution in [-0.4, -0.2) is 45.6 Å². The van der Waals surface area contributed by atoms with E-state index < -0.39 is 7.32 Å². The highest BCUT2D eigenvalue weighted by molar-refractivity contribution is 6.38. The van der Waals surface area contributed by atoms with Gasteiger partial charge in [0.05, 0.1) is 27.2 Å². The maximum atomic E-state index is 6.32. The molecule has 1 atom stereocenters. The second-order valence-corrected chi connectivity index (χ2v) is 8.95. The molecule has 0 radical (unpaired) electrons. The quantitative estimate of drug-likeness (QED) is 0.141. The fourth-order valence-electron chi connectivity index (χ4n) is 3.23. The molecule has 0 N–H and O–H groups in total. The first-order valence-electron chi connectivity index (χ1n) is 11.8. The average Bonchev–Trinajstić information content (AvgIpc) is 2.81. The van der Waals surface area contributed by atoms with Gasteiger partial charge in [0.25, 0.3) is 0 Å². The Balaban J connectivity index is 0.000000554. The molecule has 0 heterocycles. The normalized spacial score (nSPS) is 11.6. The van der Waals surface area contributed by atoms with Gasteiger partial charge in [0.2, 0.25) is 0 Å². The van der Waals surface area contributed by atoms with E-state index in [9.17, 15) is 0 Å². The van der Waals surface area contributed by atoms with Crippen LogP contribution in [0, 0.1) is 6.07 Å². The fourth-order valence-corrected chi connectivity index (χ4v) is 3.23. The van der Waals surface area contributed by atoms with Crippen molar-refractivity contribution in [1.82, 2.24) is 0 Å². The molecule has 0 aromatic heterocycles. The van der Waals surface area contributed by atoms with Crippen LogP contribution in [0.3, 0.4) is 0 Å². The summed E-state index contributed by atoms with van der Waals surface area (Å²) < 4.78 is 19.2. The Kier molecular flexibility index (Phi) is 12.2. The summed E-state index contributed by atoms with van der Waals surface area (Å²) in [4.78, 5) is 0. The fraction of sp³-hybridized carbons (Fsp3) is 0.357. The van der Waals surface area contributed by atoms with Crippen LogP contribution in [0.25, 0.3) is 0 Å². The Bertz CT molecular complexity index is 773. The van der Waals surface area contributed by atoms with E-state index in [1.807, 2.05) is 91.0 Å². The van der Waals surface area contributed by atoms with Crippen LogP contribution >= 0.6 is 0 Å². The predicted octanol–water partition coefficient (Wildman–Crippen LogP) is 6.29. The van der Waals surface area contributed by atoms with Crippen LogP contribution < -0.4 is 9.31 Å². The van der Waals surface area contributed by atoms with E-state index >= 15 is 0 Å². The van der Waals surface area contributed by atoms with Crippen molar-refractivity contribution in [3.05, 3.63) is 97.1 Å². The average molecular weight is 447 g/mol. The van der Waals surface area contributed by atoms with Gasteiger partial charge in [0.15, 0.2) is 0 Å². The number of unbranched alkanes of at least 4 members (excludes halogenated alkanes) is 2. The Morgan fingerprint density at radius 3 is 1.67 bits per heavy atom. The van der Waals surface area contributed by atoms with Gasteiger partial charge >= 0.3 is 7.32 Å². The highest BCUT2D eigenvalue weighted by atomic mass is 16.7. The molecular formula is C28H38BNO3. The van der Waals surface area contributed by atoms with Crippen LogP contribution in [0.5, 0.6) is 11.5 Å². The minimum absolute atomic E-state index is 0.0639. The monoisotopic (exact) mass is 447 g/mol. The summed E-state index contributed by atoms with van der Waals surface area (Å²) in [7, 11) is 5.76. The van der Waals surface area contributed by atoms with Crippen LogP contribution in [-0.2, 0) is 4.65 Å². The largest absolute Gasteiger partial charge is 0.788 e. The van der Waals surface area contributed by atoms with Gasteiger partial charge in [-0.05, 0) is 30.7 Å². The molecule has 4 nitrogen and oxygen atoms in total. The maximum Gasteiger partial charge on any atom is 0.788 e. The standard InChI is InChI=1S/C22H33BNO3.C6H5/c1-5-6-9-18-22(19-24(2,3)4)27-23(25-20-14-10-7-11-15-20)26-21-16-12-8-13-17-21;1-2-4-6-5-3-1/h7-8,10-17,22H,5-6,9,18-19H2,1-4H3;1-5H/q+1;-1. The maximum absolute atomic E-state index is 6.32. The number of hydrogen-bond acceptors (Lipinski definition) is 3. The van der Waals surface area contributed by atoms with Crippen molar-refractivity contribution >= 4 is 7.32 Å². The van der Waals surface area contributed by atoms with Crippen molar-refractivity contribution in [1.29, 1.82) is 0 Å². The molecule has 0 aliphatic carbocycles. The summed E-state index contributed by atoms with van der Waals surface area (Å²) in [5.41, 5.74) is 0. The molecule has 0 aliphatic heterocycles. The zero-order valence-corrected chi connectivity index (χ0v) is 20.5. The van der Waals surface area contributed by atoms with E-state index in [0.717, 1.165) is 35.4 Å². The number of benzene rings is 3. The SMILES string of the molecule is CCCCCC(C[N+](C)(C)C)OB(Oc1ccccc1)Oc1ccccc1.[c-]1ccccc1. The van der Waals surface area contributed by atoms with Crippen LogP contribution in [0.4, 0.5) is 0 Å². The van der Waals surface area contributed by atoms with Crippen molar-refractivity contribution in [2.75, 3.05) is 27.7 Å². The Morgan fingerprint density at radius 1 is 0.758 bits per heavy atom. The molecule has 0 spiro atoms. The Labute approximate surface area is 200 Å². The molecule has 0 saturated carbocycles. The zero-order chi connectivity index (χ0) is 23.8. The summed E-state index contributed by atoms with van der Waals surface area (Å²) >= 11 is 0. The predicted molar refractivity (Wildman–Crippen MR) is 137 cm³/mol. The number of rotatable bonds is 12. The lowest BCUT2D eigenvalue weighted by Crippen LogP contribution is -2.46. The minimum Gasteiger partial charge on any atom is -0.501 e. The number of likely N-dealkylation sites (N-methyl/N-ethyl adjacent to an activating group) is 1. The molecule has 0 fully saturated rings. The smallest absolute Gasteiger partial charge is 0.501 e. The van der Waals surface area contributed by atoms with Gasteiger partial charge in [-0.3, -0.25) is 0 Å². The van der Waals surface area contributed by atoms with Crippen molar-refractivity contribution < 1.29 is 18.4 Å². The third-order valence-corrected chi connectivity index (χ3v) is 4.74. The summed E-state index contributed by atoms with van der Waals surface area (Å²) in [6.07, 6.45) is 4.61. The number of para-hydroxylation sites is 2. The van der Waals surface area contributed by atoms with E-state index in [1.165, 1.54) is 12.8 Å².